The molecule has 0 aromatic rings. The van der Waals surface area contributed by atoms with Gasteiger partial charge in [-0.2, -0.15) is 0 Å². The molecule has 2 fully saturated rings. The van der Waals surface area contributed by atoms with Gasteiger partial charge in [-0.3, -0.25) is 0 Å². The van der Waals surface area contributed by atoms with Crippen molar-refractivity contribution in [1.82, 2.24) is 4.90 Å². The number of aliphatic imine (C=N–C) groups is 1. The molecule has 92 valence electrons. The van der Waals surface area contributed by atoms with Gasteiger partial charge >= 0.3 is 0 Å². The molecule has 1 aliphatic carbocycles. The summed E-state index contributed by atoms with van der Waals surface area (Å²) < 4.78 is 5.50. The van der Waals surface area contributed by atoms with Crippen LogP contribution in [-0.2, 0) is 4.74 Å². The van der Waals surface area contributed by atoms with Gasteiger partial charge in [0, 0.05) is 13.1 Å². The maximum Gasteiger partial charge on any atom is 0.191 e. The molecule has 1 atom stereocenters. The van der Waals surface area contributed by atoms with Gasteiger partial charge in [0.2, 0.25) is 0 Å². The van der Waals surface area contributed by atoms with Gasteiger partial charge in [-0.25, -0.2) is 4.99 Å². The molecule has 0 bridgehead atoms. The third kappa shape index (κ3) is 3.11. The van der Waals surface area contributed by atoms with E-state index in [-0.39, 0.29) is 6.10 Å². The van der Waals surface area contributed by atoms with Gasteiger partial charge in [0.25, 0.3) is 0 Å². The van der Waals surface area contributed by atoms with E-state index in [0.29, 0.717) is 6.04 Å². The first kappa shape index (κ1) is 11.7. The smallest absolute Gasteiger partial charge is 0.191 e. The SMILES string of the molecule is CC1CN(C(N)=NC2CCCCC2)CCO1. The van der Waals surface area contributed by atoms with Gasteiger partial charge in [-0.05, 0) is 19.8 Å². The Morgan fingerprint density at radius 2 is 2.06 bits per heavy atom. The van der Waals surface area contributed by atoms with E-state index in [2.05, 4.69) is 16.8 Å². The summed E-state index contributed by atoms with van der Waals surface area (Å²) in [7, 11) is 0. The predicted octanol–water partition coefficient (Wildman–Crippen LogP) is 1.35. The lowest BCUT2D eigenvalue weighted by molar-refractivity contribution is 0.00519. The zero-order valence-electron chi connectivity index (χ0n) is 10.2. The first-order valence-corrected chi connectivity index (χ1v) is 6.45. The van der Waals surface area contributed by atoms with Crippen LogP contribution in [0.2, 0.25) is 0 Å². The molecule has 2 rings (SSSR count). The molecule has 2 aliphatic rings. The van der Waals surface area contributed by atoms with E-state index in [1.807, 2.05) is 0 Å². The first-order valence-electron chi connectivity index (χ1n) is 6.45. The van der Waals surface area contributed by atoms with Gasteiger partial charge in [0.1, 0.15) is 0 Å². The summed E-state index contributed by atoms with van der Waals surface area (Å²) in [5.41, 5.74) is 6.06. The summed E-state index contributed by atoms with van der Waals surface area (Å²) in [5, 5.41) is 0. The van der Waals surface area contributed by atoms with Crippen LogP contribution in [-0.4, -0.2) is 42.7 Å². The van der Waals surface area contributed by atoms with Gasteiger partial charge in [0.05, 0.1) is 18.8 Å². The van der Waals surface area contributed by atoms with E-state index in [4.69, 9.17) is 10.5 Å². The number of hydrogen-bond donors (Lipinski definition) is 1. The van der Waals surface area contributed by atoms with Gasteiger partial charge in [-0.1, -0.05) is 19.3 Å². The largest absolute Gasteiger partial charge is 0.375 e. The minimum absolute atomic E-state index is 0.272. The molecule has 1 saturated heterocycles. The van der Waals surface area contributed by atoms with Crippen LogP contribution in [0.25, 0.3) is 0 Å². The summed E-state index contributed by atoms with van der Waals surface area (Å²) in [6, 6.07) is 0.465. The molecule has 1 unspecified atom stereocenters. The van der Waals surface area contributed by atoms with Crippen LogP contribution >= 0.6 is 0 Å². The van der Waals surface area contributed by atoms with Crippen molar-refractivity contribution >= 4 is 5.96 Å². The highest BCUT2D eigenvalue weighted by atomic mass is 16.5. The lowest BCUT2D eigenvalue weighted by Gasteiger charge is -2.32. The quantitative estimate of drug-likeness (QED) is 0.541. The molecule has 4 nitrogen and oxygen atoms in total. The van der Waals surface area contributed by atoms with Crippen molar-refractivity contribution in [2.45, 2.75) is 51.2 Å². The Balaban J connectivity index is 1.89. The summed E-state index contributed by atoms with van der Waals surface area (Å²) >= 11 is 0. The molecule has 0 aromatic carbocycles. The molecule has 0 aromatic heterocycles. The summed E-state index contributed by atoms with van der Waals surface area (Å²) in [6.45, 7) is 4.61. The Labute approximate surface area is 97.9 Å². The second-order valence-corrected chi connectivity index (χ2v) is 4.91. The van der Waals surface area contributed by atoms with Crippen molar-refractivity contribution in [3.63, 3.8) is 0 Å². The van der Waals surface area contributed by atoms with Crippen molar-refractivity contribution in [2.75, 3.05) is 19.7 Å². The van der Waals surface area contributed by atoms with Gasteiger partial charge in [0.15, 0.2) is 5.96 Å². The molecule has 0 spiro atoms. The lowest BCUT2D eigenvalue weighted by Crippen LogP contribution is -2.48. The van der Waals surface area contributed by atoms with Crippen molar-refractivity contribution in [2.24, 2.45) is 10.7 Å². The number of guanidine groups is 1. The fraction of sp³-hybridized carbons (Fsp3) is 0.917. The van der Waals surface area contributed by atoms with Crippen molar-refractivity contribution < 1.29 is 4.74 Å². The average molecular weight is 225 g/mol. The summed E-state index contributed by atoms with van der Waals surface area (Å²) in [6.07, 6.45) is 6.66. The standard InChI is InChI=1S/C12H23N3O/c1-10-9-15(7-8-16-10)12(13)14-11-5-3-2-4-6-11/h10-11H,2-9H2,1H3,(H2,13,14). The number of hydrogen-bond acceptors (Lipinski definition) is 2. The Hall–Kier alpha value is -0.770. The minimum Gasteiger partial charge on any atom is -0.375 e. The van der Waals surface area contributed by atoms with Gasteiger partial charge in [-0.15, -0.1) is 0 Å². The Bertz CT molecular complexity index is 249. The van der Waals surface area contributed by atoms with Crippen LogP contribution in [0, 0.1) is 0 Å². The second-order valence-electron chi connectivity index (χ2n) is 4.91. The topological polar surface area (TPSA) is 50.8 Å². The second kappa shape index (κ2) is 5.53. The molecular formula is C12H23N3O. The molecule has 4 heteroatoms. The zero-order valence-corrected chi connectivity index (χ0v) is 10.2. The highest BCUT2D eigenvalue weighted by Gasteiger charge is 2.19. The van der Waals surface area contributed by atoms with Crippen LogP contribution in [0.4, 0.5) is 0 Å². The molecule has 1 aliphatic heterocycles. The summed E-state index contributed by atoms with van der Waals surface area (Å²) in [5.74, 6) is 0.724. The maximum atomic E-state index is 6.06. The van der Waals surface area contributed by atoms with E-state index in [1.54, 1.807) is 0 Å². The van der Waals surface area contributed by atoms with Crippen LogP contribution < -0.4 is 5.73 Å². The zero-order chi connectivity index (χ0) is 11.4. The fourth-order valence-corrected chi connectivity index (χ4v) is 2.51. The Kier molecular flexibility index (Phi) is 4.04. The normalized spacial score (nSPS) is 29.4. The molecule has 0 amide bonds. The molecule has 1 saturated carbocycles. The van der Waals surface area contributed by atoms with Crippen LogP contribution in [0.5, 0.6) is 0 Å². The van der Waals surface area contributed by atoms with E-state index < -0.39 is 0 Å². The number of nitrogens with two attached hydrogens (primary N) is 1. The maximum absolute atomic E-state index is 6.06. The average Bonchev–Trinajstić information content (AvgIpc) is 2.30. The first-order chi connectivity index (χ1) is 7.75. The van der Waals surface area contributed by atoms with Crippen molar-refractivity contribution in [3.8, 4) is 0 Å². The Morgan fingerprint density at radius 3 is 2.75 bits per heavy atom. The minimum atomic E-state index is 0.272. The number of morpholine rings is 1. The van der Waals surface area contributed by atoms with Crippen molar-refractivity contribution in [3.05, 3.63) is 0 Å². The van der Waals surface area contributed by atoms with Crippen LogP contribution in [0.3, 0.4) is 0 Å². The van der Waals surface area contributed by atoms with Crippen LogP contribution in [0.15, 0.2) is 4.99 Å². The van der Waals surface area contributed by atoms with Crippen molar-refractivity contribution in [1.29, 1.82) is 0 Å². The van der Waals surface area contributed by atoms with Crippen LogP contribution in [0.1, 0.15) is 39.0 Å². The van der Waals surface area contributed by atoms with E-state index in [1.165, 1.54) is 32.1 Å². The molecule has 0 radical (unpaired) electrons. The van der Waals surface area contributed by atoms with Gasteiger partial charge < -0.3 is 15.4 Å². The molecular weight excluding hydrogens is 202 g/mol. The third-order valence-electron chi connectivity index (χ3n) is 3.45. The fourth-order valence-electron chi connectivity index (χ4n) is 2.51. The number of ether oxygens (including phenoxy) is 1. The molecule has 2 N–H and O–H groups in total. The lowest BCUT2D eigenvalue weighted by atomic mass is 9.96. The molecule has 1 heterocycles. The highest BCUT2D eigenvalue weighted by Crippen LogP contribution is 2.20. The summed E-state index contributed by atoms with van der Waals surface area (Å²) in [4.78, 5) is 6.81. The van der Waals surface area contributed by atoms with E-state index in [9.17, 15) is 0 Å². The number of nitrogens with zero attached hydrogens (tertiary/aromatic N) is 2. The molecule has 16 heavy (non-hydrogen) atoms. The number of rotatable bonds is 1. The highest BCUT2D eigenvalue weighted by molar-refractivity contribution is 5.78. The Morgan fingerprint density at radius 1 is 1.31 bits per heavy atom. The van der Waals surface area contributed by atoms with E-state index >= 15 is 0 Å². The predicted molar refractivity (Wildman–Crippen MR) is 65.5 cm³/mol. The van der Waals surface area contributed by atoms with E-state index in [0.717, 1.165) is 25.7 Å². The third-order valence-corrected chi connectivity index (χ3v) is 3.45. The monoisotopic (exact) mass is 225 g/mol.